The van der Waals surface area contributed by atoms with Crippen LogP contribution in [-0.4, -0.2) is 177 Å². The van der Waals surface area contributed by atoms with E-state index in [0.29, 0.717) is 49.0 Å². The number of carbonyl (C=O) groups is 7. The van der Waals surface area contributed by atoms with Crippen molar-refractivity contribution < 1.29 is 76.3 Å². The van der Waals surface area contributed by atoms with Crippen LogP contribution < -0.4 is 11.0 Å². The van der Waals surface area contributed by atoms with Gasteiger partial charge in [0.1, 0.15) is 23.3 Å². The maximum Gasteiger partial charge on any atom is 0.477 e. The lowest BCUT2D eigenvalue weighted by molar-refractivity contribution is -0.329. The van der Waals surface area contributed by atoms with Crippen LogP contribution in [0.2, 0.25) is 0 Å². The van der Waals surface area contributed by atoms with Gasteiger partial charge in [0.05, 0.1) is 44.0 Å². The second-order valence-electron chi connectivity index (χ2n) is 17.9. The first-order valence-corrected chi connectivity index (χ1v) is 21.0. The van der Waals surface area contributed by atoms with Gasteiger partial charge in [-0.15, -0.1) is 0 Å². The number of hydrogen-bond donors (Lipinski definition) is 3. The van der Waals surface area contributed by atoms with Crippen LogP contribution in [-0.2, 0) is 43.1 Å². The molecule has 350 valence electrons. The van der Waals surface area contributed by atoms with Crippen LogP contribution in [0.15, 0.2) is 0 Å². The van der Waals surface area contributed by atoms with E-state index < -0.39 is 71.4 Å². The Balaban J connectivity index is 0.000000242. The van der Waals surface area contributed by atoms with Gasteiger partial charge in [-0.25, -0.2) is 40.0 Å². The van der Waals surface area contributed by atoms with E-state index in [1.807, 2.05) is 20.8 Å². The first kappa shape index (κ1) is 48.2. The molecule has 6 atom stereocenters. The minimum absolute atomic E-state index is 0.0229. The highest BCUT2D eigenvalue weighted by Gasteiger charge is 2.54. The fourth-order valence-electron chi connectivity index (χ4n) is 8.02. The van der Waals surface area contributed by atoms with Crippen LogP contribution in [0, 0.1) is 0 Å². The Labute approximate surface area is 358 Å². The number of ether oxygens (including phenoxy) is 3. The summed E-state index contributed by atoms with van der Waals surface area (Å²) in [4.78, 5) is 106. The predicted octanol–water partition coefficient (Wildman–Crippen LogP) is 2.88. The topological polar surface area (TPSA) is 239 Å². The maximum atomic E-state index is 14.0. The number of fused-ring (bicyclic) bond motifs is 4. The summed E-state index contributed by atoms with van der Waals surface area (Å²) in [5, 5.41) is 10.8. The van der Waals surface area contributed by atoms with E-state index >= 15 is 0 Å². The summed E-state index contributed by atoms with van der Waals surface area (Å²) in [6.07, 6.45) is -0.720. The van der Waals surface area contributed by atoms with Crippen LogP contribution in [0.25, 0.3) is 0 Å². The van der Waals surface area contributed by atoms with E-state index in [1.54, 1.807) is 30.6 Å². The van der Waals surface area contributed by atoms with Crippen molar-refractivity contribution in [3.8, 4) is 0 Å². The molecule has 0 aromatic carbocycles. The fraction of sp³-hybridized carbons (Fsp3) is 0.816. The zero-order valence-corrected chi connectivity index (χ0v) is 36.3. The molecule has 8 amide bonds. The Morgan fingerprint density at radius 3 is 1.61 bits per heavy atom. The quantitative estimate of drug-likeness (QED) is 0.111. The standard InChI is InChI=1S/C21H32F2N4O8.C17H28N4O6/c1-5-32-17(29)21(22,23)35-27-13-8-9-15(26(11-13)18(27)30)16(28)24-33-12-14-7-6-10-25(14)19(31)34-20(2,3)4;1-17(2,3)27-16(24)19-8-4-5-12(19)10-26-18-14(22)13-7-6-11-9-20(13)15(23)21(11)25/h13-15H,5-12H2,1-4H3,(H,24,28);11-13,25H,4-10H2,1-3H3,(H,18,22)/t13-,14+,15+;11-,12+,13+/m11/s1. The first-order valence-electron chi connectivity index (χ1n) is 21.0. The molecule has 6 fully saturated rings. The van der Waals surface area contributed by atoms with Crippen molar-refractivity contribution in [3.63, 3.8) is 0 Å². The van der Waals surface area contributed by atoms with E-state index in [9.17, 15) is 47.5 Å². The lowest BCUT2D eigenvalue weighted by atomic mass is 10.0. The van der Waals surface area contributed by atoms with Gasteiger partial charge >= 0.3 is 36.3 Å². The fourth-order valence-corrected chi connectivity index (χ4v) is 8.02. The van der Waals surface area contributed by atoms with E-state index in [2.05, 4.69) is 20.5 Å². The van der Waals surface area contributed by atoms with Crippen LogP contribution in [0.5, 0.6) is 0 Å². The average Bonchev–Trinajstić information content (AvgIpc) is 3.96. The van der Waals surface area contributed by atoms with Crippen molar-refractivity contribution in [2.24, 2.45) is 0 Å². The monoisotopic (exact) mass is 890 g/mol. The molecule has 6 aliphatic rings. The lowest BCUT2D eigenvalue weighted by Crippen LogP contribution is -2.50. The maximum absolute atomic E-state index is 14.0. The van der Waals surface area contributed by atoms with Gasteiger partial charge in [-0.05, 0) is 99.8 Å². The van der Waals surface area contributed by atoms with E-state index in [4.69, 9.17) is 19.1 Å². The molecular formula is C38H60F2N8O14. The number of urea groups is 2. The average molecular weight is 891 g/mol. The third-order valence-corrected chi connectivity index (χ3v) is 10.9. The summed E-state index contributed by atoms with van der Waals surface area (Å²) in [6, 6.07) is -4.57. The third-order valence-electron chi connectivity index (χ3n) is 10.9. The summed E-state index contributed by atoms with van der Waals surface area (Å²) < 4.78 is 43.1. The summed E-state index contributed by atoms with van der Waals surface area (Å²) >= 11 is 0. The molecule has 22 nitrogen and oxygen atoms in total. The van der Waals surface area contributed by atoms with E-state index in [0.717, 1.165) is 24.2 Å². The molecule has 0 aliphatic carbocycles. The van der Waals surface area contributed by atoms with Gasteiger partial charge in [-0.3, -0.25) is 24.5 Å². The Morgan fingerprint density at radius 2 is 1.15 bits per heavy atom. The van der Waals surface area contributed by atoms with Crippen molar-refractivity contribution >= 4 is 42.0 Å². The van der Waals surface area contributed by atoms with Crippen LogP contribution in [0.1, 0.15) is 99.8 Å². The summed E-state index contributed by atoms with van der Waals surface area (Å²) in [5.74, 6) is -2.95. The minimum Gasteiger partial charge on any atom is -0.460 e. The molecule has 6 heterocycles. The van der Waals surface area contributed by atoms with Gasteiger partial charge < -0.3 is 33.8 Å². The predicted molar refractivity (Wildman–Crippen MR) is 206 cm³/mol. The molecule has 0 aromatic heterocycles. The number of esters is 1. The largest absolute Gasteiger partial charge is 0.477 e. The molecule has 24 heteroatoms. The Morgan fingerprint density at radius 1 is 0.694 bits per heavy atom. The molecule has 6 saturated heterocycles. The smallest absolute Gasteiger partial charge is 0.460 e. The Hall–Kier alpha value is -4.81. The van der Waals surface area contributed by atoms with Crippen molar-refractivity contribution in [1.82, 2.24) is 40.7 Å². The molecule has 6 aliphatic heterocycles. The molecule has 0 aromatic rings. The molecule has 0 spiro atoms. The van der Waals surface area contributed by atoms with Gasteiger partial charge in [0, 0.05) is 26.2 Å². The molecular weight excluding hydrogens is 830 g/mol. The number of carbonyl (C=O) groups excluding carboxylic acids is 7. The number of nitrogens with one attached hydrogen (secondary N) is 2. The Bertz CT molecular complexity index is 1680. The van der Waals surface area contributed by atoms with Gasteiger partial charge in [-0.2, -0.15) is 18.7 Å². The van der Waals surface area contributed by atoms with Crippen molar-refractivity contribution in [3.05, 3.63) is 0 Å². The second kappa shape index (κ2) is 19.7. The van der Waals surface area contributed by atoms with Gasteiger partial charge in [0.15, 0.2) is 0 Å². The number of hydrogen-bond acceptors (Lipinski definition) is 14. The number of piperidine rings is 2. The van der Waals surface area contributed by atoms with Gasteiger partial charge in [0.2, 0.25) is 0 Å². The molecule has 4 bridgehead atoms. The normalized spacial score (nSPS) is 26.0. The number of amides is 8. The molecule has 0 radical (unpaired) electrons. The number of alkyl halides is 2. The number of rotatable bonds is 12. The highest BCUT2D eigenvalue weighted by molar-refractivity contribution is 5.89. The number of likely N-dealkylation sites (tertiary alicyclic amines) is 2. The van der Waals surface area contributed by atoms with Crippen LogP contribution in [0.3, 0.4) is 0 Å². The highest BCUT2D eigenvalue weighted by Crippen LogP contribution is 2.34. The molecule has 62 heavy (non-hydrogen) atoms. The summed E-state index contributed by atoms with van der Waals surface area (Å²) in [6.45, 7) is 13.4. The number of halogens is 2. The van der Waals surface area contributed by atoms with Crippen LogP contribution >= 0.6 is 0 Å². The molecule has 6 rings (SSSR count). The minimum atomic E-state index is -4.34. The van der Waals surface area contributed by atoms with Gasteiger partial charge in [0.25, 0.3) is 11.8 Å². The van der Waals surface area contributed by atoms with Gasteiger partial charge in [-0.1, -0.05) is 0 Å². The van der Waals surface area contributed by atoms with Crippen molar-refractivity contribution in [2.45, 2.75) is 153 Å². The summed E-state index contributed by atoms with van der Waals surface area (Å²) in [7, 11) is 0. The Kier molecular flexibility index (Phi) is 15.3. The van der Waals surface area contributed by atoms with Crippen molar-refractivity contribution in [2.75, 3.05) is 46.0 Å². The van der Waals surface area contributed by atoms with E-state index in [1.165, 1.54) is 11.8 Å². The summed E-state index contributed by atoms with van der Waals surface area (Å²) in [5.41, 5.74) is 3.48. The molecule has 0 unspecified atom stereocenters. The second-order valence-corrected chi connectivity index (χ2v) is 17.9. The zero-order valence-electron chi connectivity index (χ0n) is 36.3. The third kappa shape index (κ3) is 11.8. The van der Waals surface area contributed by atoms with Crippen molar-refractivity contribution in [1.29, 1.82) is 0 Å². The SMILES string of the molecule is CC(C)(C)OC(=O)N1CCC[C@H]1CONC(=O)[C@@H]1CC[C@@H]2CN1C(=O)N2O.CCOC(=O)C(F)(F)ON1C(=O)N2C[C@H]1CC[C@H]2C(=O)NOC[C@@H]1CCCN1C(=O)OC(C)(C)C. The highest BCUT2D eigenvalue weighted by atomic mass is 19.3. The van der Waals surface area contributed by atoms with E-state index in [-0.39, 0.29) is 63.4 Å². The zero-order chi connectivity index (χ0) is 45.7. The lowest BCUT2D eigenvalue weighted by Gasteiger charge is -2.30. The molecule has 0 saturated carbocycles. The number of hydroxylamine groups is 6. The first-order chi connectivity index (χ1) is 29.0. The molecule has 3 N–H and O–H groups in total. The number of nitrogens with zero attached hydrogens (tertiary/aromatic N) is 6. The van der Waals surface area contributed by atoms with Crippen LogP contribution in [0.4, 0.5) is 28.0 Å².